The summed E-state index contributed by atoms with van der Waals surface area (Å²) in [7, 11) is 0. The zero-order valence-electron chi connectivity index (χ0n) is 18.1. The Morgan fingerprint density at radius 2 is 1.12 bits per heavy atom. The van der Waals surface area contributed by atoms with Crippen molar-refractivity contribution in [2.45, 2.75) is 136 Å². The van der Waals surface area contributed by atoms with Crippen molar-refractivity contribution in [2.24, 2.45) is 0 Å². The molecule has 0 aliphatic carbocycles. The van der Waals surface area contributed by atoms with E-state index in [2.05, 4.69) is 12.7 Å². The minimum Gasteiger partial charge on any atom is -1.00 e. The molecule has 0 aromatic rings. The Hall–Kier alpha value is -0.280. The molecule has 0 unspecified atom stereocenters. The van der Waals surface area contributed by atoms with Gasteiger partial charge >= 0.3 is 5.97 Å². The summed E-state index contributed by atoms with van der Waals surface area (Å²) < 4.78 is 5.37. The fourth-order valence-corrected chi connectivity index (χ4v) is 3.09. The average Bonchev–Trinajstić information content (AvgIpc) is 2.53. The lowest BCUT2D eigenvalue weighted by atomic mass is 10.0. The SMILES string of the molecule is CCCCCCCCCCCCCCCC[C@H]([NH3+])C(=O)OC(C)(C)C.[Cl-]. The van der Waals surface area contributed by atoms with Crippen LogP contribution in [0.4, 0.5) is 0 Å². The molecule has 0 amide bonds. The Morgan fingerprint density at radius 1 is 0.769 bits per heavy atom. The van der Waals surface area contributed by atoms with Gasteiger partial charge < -0.3 is 22.9 Å². The van der Waals surface area contributed by atoms with Crippen molar-refractivity contribution in [1.29, 1.82) is 0 Å². The van der Waals surface area contributed by atoms with Crippen molar-refractivity contribution >= 4 is 5.97 Å². The van der Waals surface area contributed by atoms with Crippen LogP contribution in [0.15, 0.2) is 0 Å². The summed E-state index contributed by atoms with van der Waals surface area (Å²) in [6.45, 7) is 8.00. The molecule has 0 aliphatic heterocycles. The molecule has 1 atom stereocenters. The summed E-state index contributed by atoms with van der Waals surface area (Å²) in [5.74, 6) is -0.151. The van der Waals surface area contributed by atoms with Crippen molar-refractivity contribution in [3.8, 4) is 0 Å². The van der Waals surface area contributed by atoms with Crippen LogP contribution in [0.25, 0.3) is 0 Å². The van der Waals surface area contributed by atoms with Gasteiger partial charge in [-0.3, -0.25) is 0 Å². The van der Waals surface area contributed by atoms with E-state index in [0.717, 1.165) is 12.8 Å². The van der Waals surface area contributed by atoms with Gasteiger partial charge in [0.2, 0.25) is 0 Å². The molecule has 3 nitrogen and oxygen atoms in total. The largest absolute Gasteiger partial charge is 1.00 e. The predicted molar refractivity (Wildman–Crippen MR) is 107 cm³/mol. The number of ether oxygens (including phenoxy) is 1. The number of halogens is 1. The van der Waals surface area contributed by atoms with E-state index in [1.54, 1.807) is 0 Å². The van der Waals surface area contributed by atoms with Crippen LogP contribution in [0.5, 0.6) is 0 Å². The normalized spacial score (nSPS) is 12.5. The standard InChI is InChI=1S/C22H45NO2.ClH/c1-5-6-7-8-9-10-11-12-13-14-15-16-17-18-19-20(23)21(24)25-22(2,3)4;/h20H,5-19,23H2,1-4H3;1H/t20-;/m0./s1. The van der Waals surface area contributed by atoms with E-state index in [-0.39, 0.29) is 24.4 Å². The average molecular weight is 392 g/mol. The van der Waals surface area contributed by atoms with Gasteiger partial charge in [-0.2, -0.15) is 0 Å². The lowest BCUT2D eigenvalue weighted by molar-refractivity contribution is -0.411. The molecule has 0 saturated carbocycles. The zero-order valence-corrected chi connectivity index (χ0v) is 18.8. The molecule has 0 aromatic heterocycles. The van der Waals surface area contributed by atoms with Gasteiger partial charge in [0, 0.05) is 6.42 Å². The van der Waals surface area contributed by atoms with Gasteiger partial charge in [-0.25, -0.2) is 4.79 Å². The highest BCUT2D eigenvalue weighted by atomic mass is 35.5. The third-order valence-corrected chi connectivity index (χ3v) is 4.65. The lowest BCUT2D eigenvalue weighted by Crippen LogP contribution is -3.00. The lowest BCUT2D eigenvalue weighted by Gasteiger charge is -2.20. The number of unbranched alkanes of at least 4 members (excludes halogenated alkanes) is 13. The molecule has 0 radical (unpaired) electrons. The van der Waals surface area contributed by atoms with Gasteiger partial charge in [-0.05, 0) is 27.2 Å². The quantitative estimate of drug-likeness (QED) is 0.325. The van der Waals surface area contributed by atoms with Gasteiger partial charge in [0.05, 0.1) is 0 Å². The molecule has 0 bridgehead atoms. The van der Waals surface area contributed by atoms with Crippen molar-refractivity contribution in [2.75, 3.05) is 0 Å². The van der Waals surface area contributed by atoms with E-state index < -0.39 is 5.60 Å². The van der Waals surface area contributed by atoms with Crippen LogP contribution in [0.2, 0.25) is 0 Å². The van der Waals surface area contributed by atoms with E-state index in [4.69, 9.17) is 4.74 Å². The summed E-state index contributed by atoms with van der Waals surface area (Å²) in [5, 5.41) is 0. The number of quaternary nitrogens is 1. The van der Waals surface area contributed by atoms with E-state index in [1.165, 1.54) is 83.5 Å². The summed E-state index contributed by atoms with van der Waals surface area (Å²) in [6.07, 6.45) is 19.9. The Labute approximate surface area is 169 Å². The van der Waals surface area contributed by atoms with Gasteiger partial charge in [0.1, 0.15) is 5.60 Å². The third-order valence-electron chi connectivity index (χ3n) is 4.65. The van der Waals surface area contributed by atoms with Gasteiger partial charge in [-0.15, -0.1) is 0 Å². The fourth-order valence-electron chi connectivity index (χ4n) is 3.09. The van der Waals surface area contributed by atoms with Crippen LogP contribution >= 0.6 is 0 Å². The molecule has 3 N–H and O–H groups in total. The number of carbonyl (C=O) groups excluding carboxylic acids is 1. The van der Waals surface area contributed by atoms with Crippen LogP contribution in [0, 0.1) is 0 Å². The molecule has 4 heteroatoms. The van der Waals surface area contributed by atoms with Crippen LogP contribution < -0.4 is 18.1 Å². The first-order chi connectivity index (χ1) is 11.9. The fraction of sp³-hybridized carbons (Fsp3) is 0.955. The minimum absolute atomic E-state index is 0. The number of hydrogen-bond acceptors (Lipinski definition) is 2. The Balaban J connectivity index is 0. The maximum atomic E-state index is 11.8. The Kier molecular flexibility index (Phi) is 19.4. The topological polar surface area (TPSA) is 53.9 Å². The second-order valence-electron chi connectivity index (χ2n) is 8.62. The highest BCUT2D eigenvalue weighted by Gasteiger charge is 2.24. The first kappa shape index (κ1) is 27.9. The molecule has 0 fully saturated rings. The molecule has 0 aliphatic rings. The molecule has 26 heavy (non-hydrogen) atoms. The van der Waals surface area contributed by atoms with Crippen LogP contribution in [-0.4, -0.2) is 17.6 Å². The zero-order chi connectivity index (χ0) is 19.0. The number of hydrogen-bond donors (Lipinski definition) is 1. The minimum atomic E-state index is -0.400. The Bertz CT molecular complexity index is 316. The van der Waals surface area contributed by atoms with E-state index in [9.17, 15) is 4.79 Å². The third kappa shape index (κ3) is 20.0. The van der Waals surface area contributed by atoms with Crippen molar-refractivity contribution in [3.05, 3.63) is 0 Å². The maximum absolute atomic E-state index is 11.8. The van der Waals surface area contributed by atoms with Gasteiger partial charge in [-0.1, -0.05) is 90.4 Å². The molecular weight excluding hydrogens is 346 g/mol. The van der Waals surface area contributed by atoms with Crippen molar-refractivity contribution < 1.29 is 27.7 Å². The Morgan fingerprint density at radius 3 is 1.46 bits per heavy atom. The first-order valence-electron chi connectivity index (χ1n) is 10.9. The van der Waals surface area contributed by atoms with Gasteiger partial charge in [0.25, 0.3) is 0 Å². The highest BCUT2D eigenvalue weighted by molar-refractivity contribution is 5.74. The second kappa shape index (κ2) is 18.1. The summed E-state index contributed by atoms with van der Waals surface area (Å²) >= 11 is 0. The maximum Gasteiger partial charge on any atom is 0.365 e. The molecule has 0 rings (SSSR count). The summed E-state index contributed by atoms with van der Waals surface area (Å²) in [5.41, 5.74) is 3.55. The summed E-state index contributed by atoms with van der Waals surface area (Å²) in [4.78, 5) is 11.8. The van der Waals surface area contributed by atoms with Crippen molar-refractivity contribution in [1.82, 2.24) is 0 Å². The molecule has 0 spiro atoms. The molecule has 158 valence electrons. The van der Waals surface area contributed by atoms with Gasteiger partial charge in [0.15, 0.2) is 6.04 Å². The first-order valence-corrected chi connectivity index (χ1v) is 10.9. The monoisotopic (exact) mass is 391 g/mol. The smallest absolute Gasteiger partial charge is 0.365 e. The van der Waals surface area contributed by atoms with Crippen LogP contribution in [-0.2, 0) is 9.53 Å². The number of rotatable bonds is 16. The van der Waals surface area contributed by atoms with Crippen molar-refractivity contribution in [3.63, 3.8) is 0 Å². The second-order valence-corrected chi connectivity index (χ2v) is 8.62. The predicted octanol–water partition coefficient (Wildman–Crippen LogP) is 2.81. The van der Waals surface area contributed by atoms with E-state index in [1.807, 2.05) is 20.8 Å². The molecule has 0 aromatic carbocycles. The van der Waals surface area contributed by atoms with E-state index >= 15 is 0 Å². The molecule has 0 saturated heterocycles. The van der Waals surface area contributed by atoms with Crippen LogP contribution in [0.1, 0.15) is 124 Å². The molecule has 0 heterocycles. The number of carbonyl (C=O) groups is 1. The summed E-state index contributed by atoms with van der Waals surface area (Å²) in [6, 6.07) is -0.212. The van der Waals surface area contributed by atoms with E-state index in [0.29, 0.717) is 0 Å². The van der Waals surface area contributed by atoms with Crippen LogP contribution in [0.3, 0.4) is 0 Å². The number of esters is 1. The highest BCUT2D eigenvalue weighted by Crippen LogP contribution is 2.14. The molecular formula is C22H46ClNO2.